The van der Waals surface area contributed by atoms with E-state index in [1.54, 1.807) is 0 Å². The molecule has 0 amide bonds. The maximum atomic E-state index is 6.28. The zero-order valence-corrected chi connectivity index (χ0v) is 13.2. The average Bonchev–Trinajstić information content (AvgIpc) is 2.41. The smallest absolute Gasteiger partial charge is 0.0332 e. The molecule has 0 aliphatic rings. The molecule has 2 heteroatoms. The van der Waals surface area contributed by atoms with Crippen LogP contribution in [0.15, 0.2) is 24.3 Å². The van der Waals surface area contributed by atoms with Crippen LogP contribution >= 0.6 is 23.2 Å². The number of hydrogen-bond acceptors (Lipinski definition) is 0. The van der Waals surface area contributed by atoms with E-state index in [9.17, 15) is 0 Å². The highest BCUT2D eigenvalue weighted by Crippen LogP contribution is 2.36. The summed E-state index contributed by atoms with van der Waals surface area (Å²) in [6.45, 7) is 6.61. The van der Waals surface area contributed by atoms with Gasteiger partial charge in [0.1, 0.15) is 0 Å². The van der Waals surface area contributed by atoms with Gasteiger partial charge in [0, 0.05) is 17.2 Å². The van der Waals surface area contributed by atoms with Gasteiger partial charge >= 0.3 is 0 Å². The minimum atomic E-state index is -0.0776. The predicted octanol–water partition coefficient (Wildman–Crippen LogP) is 5.54. The van der Waals surface area contributed by atoms with Crippen molar-refractivity contribution in [2.75, 3.05) is 11.8 Å². The Morgan fingerprint density at radius 3 is 2.17 bits per heavy atom. The summed E-state index contributed by atoms with van der Waals surface area (Å²) in [6.07, 6.45) is 3.46. The van der Waals surface area contributed by atoms with Crippen LogP contribution in [0.2, 0.25) is 0 Å². The standard InChI is InChI=1S/C16H24Cl2/c1-4-14(5-2)10-16(11-17,12-18)15-8-6-7-13(3)9-15/h6-9,14H,4-5,10-12H2,1-3H3. The molecule has 0 atom stereocenters. The second-order valence-corrected chi connectivity index (χ2v) is 5.84. The molecule has 0 radical (unpaired) electrons. The summed E-state index contributed by atoms with van der Waals surface area (Å²) in [5, 5.41) is 0. The topological polar surface area (TPSA) is 0 Å². The Hall–Kier alpha value is -0.200. The first-order valence-electron chi connectivity index (χ1n) is 6.81. The summed E-state index contributed by atoms with van der Waals surface area (Å²) in [6, 6.07) is 8.62. The lowest BCUT2D eigenvalue weighted by Crippen LogP contribution is -2.33. The minimum Gasteiger partial charge on any atom is -0.126 e. The van der Waals surface area contributed by atoms with Gasteiger partial charge < -0.3 is 0 Å². The molecule has 0 fully saturated rings. The maximum Gasteiger partial charge on any atom is 0.0332 e. The summed E-state index contributed by atoms with van der Waals surface area (Å²) in [5.74, 6) is 1.88. The third-order valence-electron chi connectivity index (χ3n) is 3.98. The molecule has 0 aromatic heterocycles. The number of halogens is 2. The molecule has 18 heavy (non-hydrogen) atoms. The summed E-state index contributed by atoms with van der Waals surface area (Å²) in [7, 11) is 0. The van der Waals surface area contributed by atoms with Crippen molar-refractivity contribution in [2.24, 2.45) is 5.92 Å². The number of hydrogen-bond donors (Lipinski definition) is 0. The molecule has 0 spiro atoms. The lowest BCUT2D eigenvalue weighted by atomic mass is 9.75. The Bertz CT molecular complexity index is 352. The molecule has 0 aliphatic heterocycles. The highest BCUT2D eigenvalue weighted by Gasteiger charge is 2.32. The lowest BCUT2D eigenvalue weighted by Gasteiger charge is -2.34. The van der Waals surface area contributed by atoms with E-state index in [1.807, 2.05) is 0 Å². The number of aryl methyl sites for hydroxylation is 1. The molecule has 1 aromatic carbocycles. The molecule has 0 unspecified atom stereocenters. The third-order valence-corrected chi connectivity index (χ3v) is 5.00. The Labute approximate surface area is 122 Å². The summed E-state index contributed by atoms with van der Waals surface area (Å²) in [4.78, 5) is 0. The van der Waals surface area contributed by atoms with Gasteiger partial charge in [-0.15, -0.1) is 23.2 Å². The van der Waals surface area contributed by atoms with E-state index in [-0.39, 0.29) is 5.41 Å². The largest absolute Gasteiger partial charge is 0.126 e. The molecule has 1 rings (SSSR count). The van der Waals surface area contributed by atoms with Gasteiger partial charge in [-0.05, 0) is 24.8 Å². The van der Waals surface area contributed by atoms with Gasteiger partial charge in [-0.2, -0.15) is 0 Å². The van der Waals surface area contributed by atoms with Crippen molar-refractivity contribution in [3.05, 3.63) is 35.4 Å². The molecule has 0 aliphatic carbocycles. The van der Waals surface area contributed by atoms with Gasteiger partial charge in [0.2, 0.25) is 0 Å². The Kier molecular flexibility index (Phi) is 6.52. The second kappa shape index (κ2) is 7.40. The Morgan fingerprint density at radius 1 is 1.11 bits per heavy atom. The monoisotopic (exact) mass is 286 g/mol. The van der Waals surface area contributed by atoms with Crippen LogP contribution in [0.25, 0.3) is 0 Å². The third kappa shape index (κ3) is 3.65. The van der Waals surface area contributed by atoms with Crippen LogP contribution in [-0.2, 0) is 5.41 Å². The van der Waals surface area contributed by atoms with E-state index in [0.717, 1.165) is 6.42 Å². The first kappa shape index (κ1) is 15.9. The van der Waals surface area contributed by atoms with Crippen LogP contribution in [0.3, 0.4) is 0 Å². The average molecular weight is 287 g/mol. The van der Waals surface area contributed by atoms with Crippen molar-refractivity contribution >= 4 is 23.2 Å². The second-order valence-electron chi connectivity index (χ2n) is 5.30. The molecule has 0 bridgehead atoms. The molecule has 0 saturated carbocycles. The summed E-state index contributed by atoms with van der Waals surface area (Å²) < 4.78 is 0. The number of rotatable bonds is 7. The van der Waals surface area contributed by atoms with Crippen LogP contribution in [0.5, 0.6) is 0 Å². The molecule has 0 nitrogen and oxygen atoms in total. The molecular weight excluding hydrogens is 263 g/mol. The van der Waals surface area contributed by atoms with E-state index in [2.05, 4.69) is 45.0 Å². The van der Waals surface area contributed by atoms with Crippen molar-refractivity contribution in [2.45, 2.75) is 45.4 Å². The molecule has 102 valence electrons. The fourth-order valence-corrected chi connectivity index (χ4v) is 3.33. The van der Waals surface area contributed by atoms with Crippen molar-refractivity contribution in [3.63, 3.8) is 0 Å². The van der Waals surface area contributed by atoms with Crippen molar-refractivity contribution in [3.8, 4) is 0 Å². The highest BCUT2D eigenvalue weighted by atomic mass is 35.5. The fraction of sp³-hybridized carbons (Fsp3) is 0.625. The van der Waals surface area contributed by atoms with E-state index >= 15 is 0 Å². The van der Waals surface area contributed by atoms with E-state index < -0.39 is 0 Å². The lowest BCUT2D eigenvalue weighted by molar-refractivity contribution is 0.349. The SMILES string of the molecule is CCC(CC)CC(CCl)(CCl)c1cccc(C)c1. The normalized spacial score (nSPS) is 12.1. The van der Waals surface area contributed by atoms with Gasteiger partial charge in [-0.25, -0.2) is 0 Å². The molecule has 1 aromatic rings. The fourth-order valence-electron chi connectivity index (χ4n) is 2.52. The maximum absolute atomic E-state index is 6.28. The van der Waals surface area contributed by atoms with Gasteiger partial charge in [-0.3, -0.25) is 0 Å². The van der Waals surface area contributed by atoms with Crippen molar-refractivity contribution in [1.29, 1.82) is 0 Å². The van der Waals surface area contributed by atoms with Crippen molar-refractivity contribution in [1.82, 2.24) is 0 Å². The highest BCUT2D eigenvalue weighted by molar-refractivity contribution is 6.22. The van der Waals surface area contributed by atoms with Crippen LogP contribution in [0, 0.1) is 12.8 Å². The molecule has 0 heterocycles. The zero-order chi connectivity index (χ0) is 13.6. The predicted molar refractivity (Wildman–Crippen MR) is 83.0 cm³/mol. The minimum absolute atomic E-state index is 0.0776. The summed E-state index contributed by atoms with van der Waals surface area (Å²) >= 11 is 12.6. The van der Waals surface area contributed by atoms with Crippen LogP contribution in [0.1, 0.15) is 44.2 Å². The number of benzene rings is 1. The molecular formula is C16H24Cl2. The van der Waals surface area contributed by atoms with Crippen LogP contribution in [0.4, 0.5) is 0 Å². The van der Waals surface area contributed by atoms with Crippen LogP contribution in [-0.4, -0.2) is 11.8 Å². The first-order chi connectivity index (χ1) is 8.61. The quantitative estimate of drug-likeness (QED) is 0.578. The van der Waals surface area contributed by atoms with E-state index in [0.29, 0.717) is 17.7 Å². The molecule has 0 saturated heterocycles. The zero-order valence-electron chi connectivity index (χ0n) is 11.7. The Balaban J connectivity index is 3.06. The number of alkyl halides is 2. The van der Waals surface area contributed by atoms with Crippen molar-refractivity contribution < 1.29 is 0 Å². The van der Waals surface area contributed by atoms with E-state index in [1.165, 1.54) is 24.0 Å². The van der Waals surface area contributed by atoms with Gasteiger partial charge in [0.05, 0.1) is 0 Å². The van der Waals surface area contributed by atoms with Gasteiger partial charge in [0.25, 0.3) is 0 Å². The van der Waals surface area contributed by atoms with E-state index in [4.69, 9.17) is 23.2 Å². The molecule has 0 N–H and O–H groups in total. The van der Waals surface area contributed by atoms with Crippen LogP contribution < -0.4 is 0 Å². The summed E-state index contributed by atoms with van der Waals surface area (Å²) in [5.41, 5.74) is 2.49. The Morgan fingerprint density at radius 2 is 1.72 bits per heavy atom. The first-order valence-corrected chi connectivity index (χ1v) is 7.87. The van der Waals surface area contributed by atoms with Gasteiger partial charge in [0.15, 0.2) is 0 Å². The van der Waals surface area contributed by atoms with Gasteiger partial charge in [-0.1, -0.05) is 56.5 Å².